The SMILES string of the molecule is CNS(=O)(=O)c1cc(C(=O)N2CCN(C(=O)C(=O)N3CCCC3)CC2)n(C)c1. The van der Waals surface area contributed by atoms with Crippen LogP contribution < -0.4 is 4.72 Å². The molecule has 0 bridgehead atoms. The van der Waals surface area contributed by atoms with Crippen LogP contribution in [-0.2, 0) is 26.7 Å². The highest BCUT2D eigenvalue weighted by atomic mass is 32.2. The fourth-order valence-electron chi connectivity index (χ4n) is 3.48. The number of piperazine rings is 1. The van der Waals surface area contributed by atoms with Gasteiger partial charge in [0.2, 0.25) is 10.0 Å². The Morgan fingerprint density at radius 2 is 1.39 bits per heavy atom. The van der Waals surface area contributed by atoms with Crippen molar-refractivity contribution >= 4 is 27.7 Å². The third-order valence-corrected chi connectivity index (χ3v) is 6.59. The van der Waals surface area contributed by atoms with Crippen LogP contribution in [0.1, 0.15) is 23.3 Å². The maximum atomic E-state index is 12.8. The molecule has 0 unspecified atom stereocenters. The molecule has 1 aromatic rings. The first-order valence-corrected chi connectivity index (χ1v) is 10.7. The van der Waals surface area contributed by atoms with E-state index in [1.54, 1.807) is 16.8 Å². The Bertz CT molecular complexity index is 880. The van der Waals surface area contributed by atoms with Crippen LogP contribution >= 0.6 is 0 Å². The van der Waals surface area contributed by atoms with Gasteiger partial charge in [-0.2, -0.15) is 0 Å². The third-order valence-electron chi connectivity index (χ3n) is 5.21. The Morgan fingerprint density at radius 3 is 1.93 bits per heavy atom. The molecule has 3 rings (SSSR count). The second-order valence-corrected chi connectivity index (χ2v) is 8.85. The van der Waals surface area contributed by atoms with E-state index < -0.39 is 21.8 Å². The largest absolute Gasteiger partial charge is 0.345 e. The summed E-state index contributed by atoms with van der Waals surface area (Å²) in [5.74, 6) is -1.30. The number of likely N-dealkylation sites (tertiary alicyclic amines) is 1. The molecule has 11 heteroatoms. The minimum atomic E-state index is -3.64. The fraction of sp³-hybridized carbons (Fsp3) is 0.588. The van der Waals surface area contributed by atoms with Gasteiger partial charge in [0.05, 0.1) is 0 Å². The molecule has 1 aromatic heterocycles. The molecule has 2 fully saturated rings. The number of carbonyl (C=O) groups excluding carboxylic acids is 3. The van der Waals surface area contributed by atoms with Crippen molar-refractivity contribution in [1.82, 2.24) is 24.0 Å². The van der Waals surface area contributed by atoms with Gasteiger partial charge in [-0.15, -0.1) is 0 Å². The third kappa shape index (κ3) is 3.90. The van der Waals surface area contributed by atoms with E-state index in [0.717, 1.165) is 12.8 Å². The number of nitrogens with zero attached hydrogens (tertiary/aromatic N) is 4. The molecule has 2 saturated heterocycles. The minimum absolute atomic E-state index is 0.0193. The van der Waals surface area contributed by atoms with Crippen LogP contribution in [0.4, 0.5) is 0 Å². The molecule has 3 amide bonds. The monoisotopic (exact) mass is 411 g/mol. The Kier molecular flexibility index (Phi) is 5.75. The summed E-state index contributed by atoms with van der Waals surface area (Å²) in [6, 6.07) is 1.34. The highest BCUT2D eigenvalue weighted by Gasteiger charge is 2.32. The molecular weight excluding hydrogens is 386 g/mol. The molecule has 0 radical (unpaired) electrons. The molecular formula is C17H25N5O5S. The zero-order chi connectivity index (χ0) is 20.5. The van der Waals surface area contributed by atoms with Crippen molar-refractivity contribution in [2.75, 3.05) is 46.3 Å². The molecule has 3 heterocycles. The normalized spacial score (nSPS) is 17.9. The molecule has 28 heavy (non-hydrogen) atoms. The predicted octanol–water partition coefficient (Wildman–Crippen LogP) is -1.16. The first-order valence-electron chi connectivity index (χ1n) is 9.22. The van der Waals surface area contributed by atoms with Crippen molar-refractivity contribution in [3.63, 3.8) is 0 Å². The van der Waals surface area contributed by atoms with Gasteiger partial charge in [-0.05, 0) is 26.0 Å². The molecule has 0 spiro atoms. The van der Waals surface area contributed by atoms with Crippen molar-refractivity contribution < 1.29 is 22.8 Å². The maximum Gasteiger partial charge on any atom is 0.312 e. The molecule has 2 aliphatic rings. The number of rotatable bonds is 3. The average molecular weight is 411 g/mol. The summed E-state index contributed by atoms with van der Waals surface area (Å²) in [6.07, 6.45) is 3.22. The Morgan fingerprint density at radius 1 is 0.893 bits per heavy atom. The summed E-state index contributed by atoms with van der Waals surface area (Å²) in [6.45, 7) is 2.36. The molecule has 1 N–H and O–H groups in total. The number of amides is 3. The molecule has 154 valence electrons. The van der Waals surface area contributed by atoms with Crippen LogP contribution in [0.2, 0.25) is 0 Å². The van der Waals surface area contributed by atoms with Crippen LogP contribution in [-0.4, -0.2) is 91.7 Å². The number of nitrogens with one attached hydrogen (secondary N) is 1. The van der Waals surface area contributed by atoms with Gasteiger partial charge in [0.15, 0.2) is 0 Å². The summed E-state index contributed by atoms with van der Waals surface area (Å²) < 4.78 is 27.5. The topological polar surface area (TPSA) is 112 Å². The van der Waals surface area contributed by atoms with Gasteiger partial charge in [-0.3, -0.25) is 14.4 Å². The van der Waals surface area contributed by atoms with Gasteiger partial charge < -0.3 is 19.3 Å². The van der Waals surface area contributed by atoms with Crippen LogP contribution in [0.5, 0.6) is 0 Å². The van der Waals surface area contributed by atoms with Crippen LogP contribution in [0.3, 0.4) is 0 Å². The molecule has 0 atom stereocenters. The van der Waals surface area contributed by atoms with E-state index in [1.807, 2.05) is 0 Å². The van der Waals surface area contributed by atoms with Crippen molar-refractivity contribution in [2.45, 2.75) is 17.7 Å². The van der Waals surface area contributed by atoms with Crippen molar-refractivity contribution in [3.05, 3.63) is 18.0 Å². The van der Waals surface area contributed by atoms with Crippen LogP contribution in [0.25, 0.3) is 0 Å². The Balaban J connectivity index is 1.62. The summed E-state index contributed by atoms with van der Waals surface area (Å²) in [5.41, 5.74) is 0.252. The van der Waals surface area contributed by atoms with Gasteiger partial charge in [0, 0.05) is 52.5 Å². The van der Waals surface area contributed by atoms with E-state index in [-0.39, 0.29) is 42.7 Å². The molecule has 0 aliphatic carbocycles. The van der Waals surface area contributed by atoms with E-state index >= 15 is 0 Å². The van der Waals surface area contributed by atoms with E-state index in [9.17, 15) is 22.8 Å². The first-order chi connectivity index (χ1) is 13.2. The van der Waals surface area contributed by atoms with Gasteiger partial charge in [-0.25, -0.2) is 13.1 Å². The minimum Gasteiger partial charge on any atom is -0.345 e. The maximum absolute atomic E-state index is 12.8. The van der Waals surface area contributed by atoms with E-state index in [0.29, 0.717) is 13.1 Å². The number of carbonyl (C=O) groups is 3. The lowest BCUT2D eigenvalue weighted by atomic mass is 10.2. The lowest BCUT2D eigenvalue weighted by Crippen LogP contribution is -2.54. The second kappa shape index (κ2) is 7.92. The summed E-state index contributed by atoms with van der Waals surface area (Å²) >= 11 is 0. The molecule has 10 nitrogen and oxygen atoms in total. The zero-order valence-corrected chi connectivity index (χ0v) is 16.9. The fourth-order valence-corrected chi connectivity index (χ4v) is 4.28. The van der Waals surface area contributed by atoms with Crippen LogP contribution in [0, 0.1) is 0 Å². The van der Waals surface area contributed by atoms with Gasteiger partial charge in [0.25, 0.3) is 5.91 Å². The van der Waals surface area contributed by atoms with E-state index in [2.05, 4.69) is 4.72 Å². The second-order valence-electron chi connectivity index (χ2n) is 6.96. The predicted molar refractivity (Wildman–Crippen MR) is 100.0 cm³/mol. The van der Waals surface area contributed by atoms with Crippen molar-refractivity contribution in [2.24, 2.45) is 7.05 Å². The highest BCUT2D eigenvalue weighted by Crippen LogP contribution is 2.16. The number of sulfonamides is 1. The average Bonchev–Trinajstić information content (AvgIpc) is 3.36. The Labute approximate surface area is 164 Å². The number of hydrogen-bond acceptors (Lipinski definition) is 5. The summed E-state index contributed by atoms with van der Waals surface area (Å²) in [4.78, 5) is 42.0. The van der Waals surface area contributed by atoms with Gasteiger partial charge in [0.1, 0.15) is 10.6 Å². The Hall–Kier alpha value is -2.40. The van der Waals surface area contributed by atoms with Crippen molar-refractivity contribution in [3.8, 4) is 0 Å². The van der Waals surface area contributed by atoms with E-state index in [1.165, 1.54) is 28.8 Å². The summed E-state index contributed by atoms with van der Waals surface area (Å²) in [5, 5.41) is 0. The first kappa shape index (κ1) is 20.3. The lowest BCUT2D eigenvalue weighted by molar-refractivity contribution is -0.152. The lowest BCUT2D eigenvalue weighted by Gasteiger charge is -2.35. The van der Waals surface area contributed by atoms with Gasteiger partial charge >= 0.3 is 11.8 Å². The quantitative estimate of drug-likeness (QED) is 0.631. The highest BCUT2D eigenvalue weighted by molar-refractivity contribution is 7.89. The molecule has 0 saturated carbocycles. The van der Waals surface area contributed by atoms with Crippen molar-refractivity contribution in [1.29, 1.82) is 0 Å². The zero-order valence-electron chi connectivity index (χ0n) is 16.0. The molecule has 0 aromatic carbocycles. The number of aryl methyl sites for hydroxylation is 1. The molecule has 2 aliphatic heterocycles. The summed E-state index contributed by atoms with van der Waals surface area (Å²) in [7, 11) is -0.722. The number of hydrogen-bond donors (Lipinski definition) is 1. The van der Waals surface area contributed by atoms with E-state index in [4.69, 9.17) is 0 Å². The van der Waals surface area contributed by atoms with Gasteiger partial charge in [-0.1, -0.05) is 0 Å². The smallest absolute Gasteiger partial charge is 0.312 e. The van der Waals surface area contributed by atoms with Crippen LogP contribution in [0.15, 0.2) is 17.2 Å². The standard InChI is InChI=1S/C17H25N5O5S/c1-18-28(26,27)13-11-14(19(2)12-13)15(23)21-7-9-22(10-8-21)17(25)16(24)20-5-3-4-6-20/h11-12,18H,3-10H2,1-2H3. The number of aromatic nitrogens is 1.